The summed E-state index contributed by atoms with van der Waals surface area (Å²) in [7, 11) is 0. The summed E-state index contributed by atoms with van der Waals surface area (Å²) in [5, 5.41) is 23.0. The number of non-ortho nitro benzene ring substituents is 1. The van der Waals surface area contributed by atoms with Crippen LogP contribution in [0.2, 0.25) is 0 Å². The van der Waals surface area contributed by atoms with Gasteiger partial charge in [-0.2, -0.15) is 0 Å². The third-order valence-electron chi connectivity index (χ3n) is 3.13. The molecule has 0 spiro atoms. The highest BCUT2D eigenvalue weighted by molar-refractivity contribution is 5.32. The molecule has 1 aromatic rings. The normalized spacial score (nSPS) is 17.2. The molecule has 1 saturated heterocycles. The number of nitro benzene ring substituents is 1. The fourth-order valence-corrected chi connectivity index (χ4v) is 1.85. The molecular weight excluding hydrogens is 236 g/mol. The smallest absolute Gasteiger partial charge is 0.269 e. The Hall–Kier alpha value is -1.50. The second-order valence-electron chi connectivity index (χ2n) is 4.68. The lowest BCUT2D eigenvalue weighted by molar-refractivity contribution is -0.384. The predicted octanol–water partition coefficient (Wildman–Crippen LogP) is 0.693. The molecule has 0 amide bonds. The van der Waals surface area contributed by atoms with E-state index in [0.29, 0.717) is 26.3 Å². The number of nitrogens with zero attached hydrogens (tertiary/aromatic N) is 1. The van der Waals surface area contributed by atoms with Crippen LogP contribution in [0.5, 0.6) is 0 Å². The maximum atomic E-state index is 10.5. The van der Waals surface area contributed by atoms with Crippen molar-refractivity contribution < 1.29 is 14.8 Å². The van der Waals surface area contributed by atoms with Crippen LogP contribution in [-0.2, 0) is 11.3 Å². The summed E-state index contributed by atoms with van der Waals surface area (Å²) >= 11 is 0. The van der Waals surface area contributed by atoms with E-state index in [2.05, 4.69) is 5.32 Å². The molecule has 1 aliphatic heterocycles. The molecule has 1 aromatic carbocycles. The number of rotatable bonds is 6. The Morgan fingerprint density at radius 1 is 1.39 bits per heavy atom. The first-order valence-electron chi connectivity index (χ1n) is 5.78. The minimum atomic E-state index is -0.413. The third-order valence-corrected chi connectivity index (χ3v) is 3.13. The first kappa shape index (κ1) is 12.9. The van der Waals surface area contributed by atoms with Crippen LogP contribution in [0.3, 0.4) is 0 Å². The van der Waals surface area contributed by atoms with Crippen molar-refractivity contribution in [2.24, 2.45) is 5.41 Å². The van der Waals surface area contributed by atoms with Gasteiger partial charge in [-0.1, -0.05) is 12.1 Å². The van der Waals surface area contributed by atoms with Gasteiger partial charge >= 0.3 is 0 Å². The highest BCUT2D eigenvalue weighted by Gasteiger charge is 2.37. The maximum absolute atomic E-state index is 10.5. The summed E-state index contributed by atoms with van der Waals surface area (Å²) in [5.41, 5.74) is 0.924. The SMILES string of the molecule is O=[N+]([O-])c1ccc(CNCC2(CO)COC2)cc1. The van der Waals surface area contributed by atoms with Gasteiger partial charge in [-0.3, -0.25) is 10.1 Å². The molecule has 18 heavy (non-hydrogen) atoms. The lowest BCUT2D eigenvalue weighted by Crippen LogP contribution is -2.52. The van der Waals surface area contributed by atoms with Gasteiger partial charge in [0.1, 0.15) is 0 Å². The minimum Gasteiger partial charge on any atom is -0.396 e. The summed E-state index contributed by atoms with van der Waals surface area (Å²) in [4.78, 5) is 10.1. The Morgan fingerprint density at radius 2 is 2.06 bits per heavy atom. The van der Waals surface area contributed by atoms with Crippen LogP contribution in [-0.4, -0.2) is 36.4 Å². The standard InChI is InChI=1S/C12H16N2O4/c15-7-12(8-18-9-12)6-13-5-10-1-3-11(4-2-10)14(16)17/h1-4,13,15H,5-9H2. The van der Waals surface area contributed by atoms with Crippen LogP contribution in [0.4, 0.5) is 5.69 Å². The summed E-state index contributed by atoms with van der Waals surface area (Å²) in [5.74, 6) is 0. The van der Waals surface area contributed by atoms with Crippen molar-refractivity contribution in [3.63, 3.8) is 0 Å². The van der Waals surface area contributed by atoms with Crippen LogP contribution in [0.15, 0.2) is 24.3 Å². The van der Waals surface area contributed by atoms with Gasteiger partial charge in [0.2, 0.25) is 0 Å². The molecule has 1 fully saturated rings. The summed E-state index contributed by atoms with van der Waals surface area (Å²) in [6, 6.07) is 6.44. The van der Waals surface area contributed by atoms with Crippen LogP contribution >= 0.6 is 0 Å². The Bertz CT molecular complexity index is 409. The number of nitro groups is 1. The Labute approximate surface area is 105 Å². The third kappa shape index (κ3) is 2.84. The van der Waals surface area contributed by atoms with Crippen molar-refractivity contribution in [2.75, 3.05) is 26.4 Å². The second-order valence-corrected chi connectivity index (χ2v) is 4.68. The van der Waals surface area contributed by atoms with E-state index in [0.717, 1.165) is 5.56 Å². The molecule has 0 aliphatic carbocycles. The zero-order valence-corrected chi connectivity index (χ0v) is 9.96. The van der Waals surface area contributed by atoms with Crippen molar-refractivity contribution in [3.8, 4) is 0 Å². The van der Waals surface area contributed by atoms with Gasteiger partial charge in [-0.25, -0.2) is 0 Å². The van der Waals surface area contributed by atoms with E-state index in [9.17, 15) is 15.2 Å². The molecule has 0 radical (unpaired) electrons. The first-order valence-corrected chi connectivity index (χ1v) is 5.78. The van der Waals surface area contributed by atoms with Crippen LogP contribution in [0.1, 0.15) is 5.56 Å². The molecule has 0 bridgehead atoms. The summed E-state index contributed by atoms with van der Waals surface area (Å²) in [6.07, 6.45) is 0. The quantitative estimate of drug-likeness (QED) is 0.575. The van der Waals surface area contributed by atoms with Crippen molar-refractivity contribution in [1.82, 2.24) is 5.32 Å². The van der Waals surface area contributed by atoms with E-state index >= 15 is 0 Å². The van der Waals surface area contributed by atoms with Gasteiger partial charge in [-0.05, 0) is 5.56 Å². The molecule has 98 valence electrons. The number of nitrogens with one attached hydrogen (secondary N) is 1. The number of ether oxygens (including phenoxy) is 1. The van der Waals surface area contributed by atoms with Crippen molar-refractivity contribution in [1.29, 1.82) is 0 Å². The van der Waals surface area contributed by atoms with Gasteiger partial charge in [0.15, 0.2) is 0 Å². The first-order chi connectivity index (χ1) is 8.65. The minimum absolute atomic E-state index is 0.0953. The molecule has 1 aliphatic rings. The topological polar surface area (TPSA) is 84.6 Å². The Kier molecular flexibility index (Phi) is 3.90. The molecule has 2 N–H and O–H groups in total. The molecule has 0 aromatic heterocycles. The van der Waals surface area contributed by atoms with Crippen molar-refractivity contribution in [2.45, 2.75) is 6.54 Å². The highest BCUT2D eigenvalue weighted by atomic mass is 16.6. The van der Waals surface area contributed by atoms with Crippen LogP contribution in [0, 0.1) is 15.5 Å². The molecule has 1 heterocycles. The number of hydrogen-bond acceptors (Lipinski definition) is 5. The molecular formula is C12H16N2O4. The Morgan fingerprint density at radius 3 is 2.50 bits per heavy atom. The van der Waals surface area contributed by atoms with E-state index in [4.69, 9.17) is 4.74 Å². The summed E-state index contributed by atoms with van der Waals surface area (Å²) in [6.45, 7) is 2.58. The van der Waals surface area contributed by atoms with Gasteiger partial charge < -0.3 is 15.2 Å². The highest BCUT2D eigenvalue weighted by Crippen LogP contribution is 2.25. The second kappa shape index (κ2) is 5.43. The lowest BCUT2D eigenvalue weighted by atomic mass is 9.87. The van der Waals surface area contributed by atoms with E-state index in [1.54, 1.807) is 12.1 Å². The fraction of sp³-hybridized carbons (Fsp3) is 0.500. The van der Waals surface area contributed by atoms with Crippen molar-refractivity contribution >= 4 is 5.69 Å². The van der Waals surface area contributed by atoms with Crippen LogP contribution in [0.25, 0.3) is 0 Å². The van der Waals surface area contributed by atoms with E-state index in [-0.39, 0.29) is 17.7 Å². The molecule has 0 atom stereocenters. The average Bonchev–Trinajstić information content (AvgIpc) is 2.33. The van der Waals surface area contributed by atoms with Gasteiger partial charge in [0, 0.05) is 25.2 Å². The van der Waals surface area contributed by atoms with Crippen LogP contribution < -0.4 is 5.32 Å². The average molecular weight is 252 g/mol. The number of hydrogen-bond donors (Lipinski definition) is 2. The molecule has 2 rings (SSSR count). The fourth-order valence-electron chi connectivity index (χ4n) is 1.85. The van der Waals surface area contributed by atoms with Gasteiger partial charge in [-0.15, -0.1) is 0 Å². The molecule has 6 heteroatoms. The van der Waals surface area contributed by atoms with Gasteiger partial charge in [0.25, 0.3) is 5.69 Å². The van der Waals surface area contributed by atoms with Gasteiger partial charge in [0.05, 0.1) is 30.2 Å². The van der Waals surface area contributed by atoms with E-state index in [1.807, 2.05) is 0 Å². The van der Waals surface area contributed by atoms with E-state index < -0.39 is 4.92 Å². The zero-order valence-electron chi connectivity index (χ0n) is 9.96. The largest absolute Gasteiger partial charge is 0.396 e. The number of aliphatic hydroxyl groups is 1. The number of benzene rings is 1. The van der Waals surface area contributed by atoms with Crippen molar-refractivity contribution in [3.05, 3.63) is 39.9 Å². The molecule has 6 nitrogen and oxygen atoms in total. The van der Waals surface area contributed by atoms with E-state index in [1.165, 1.54) is 12.1 Å². The number of aliphatic hydroxyl groups excluding tert-OH is 1. The monoisotopic (exact) mass is 252 g/mol. The molecule has 0 saturated carbocycles. The summed E-state index contributed by atoms with van der Waals surface area (Å²) < 4.78 is 5.10. The predicted molar refractivity (Wildman–Crippen MR) is 65.1 cm³/mol. The molecule has 0 unspecified atom stereocenters. The lowest BCUT2D eigenvalue weighted by Gasteiger charge is -2.40. The zero-order chi connectivity index (χ0) is 13.0. The Balaban J connectivity index is 1.81. The maximum Gasteiger partial charge on any atom is 0.269 e.